The smallest absolute Gasteiger partial charge is 0.123 e. The minimum absolute atomic E-state index is 0.173. The number of halogens is 1. The van der Waals surface area contributed by atoms with E-state index in [9.17, 15) is 4.39 Å². The fourth-order valence-corrected chi connectivity index (χ4v) is 2.06. The van der Waals surface area contributed by atoms with Gasteiger partial charge < -0.3 is 5.32 Å². The van der Waals surface area contributed by atoms with Crippen molar-refractivity contribution in [1.29, 1.82) is 0 Å². The van der Waals surface area contributed by atoms with Crippen molar-refractivity contribution in [2.75, 3.05) is 11.9 Å². The molecular formula is C16H26FN. The van der Waals surface area contributed by atoms with Crippen molar-refractivity contribution in [2.24, 2.45) is 0 Å². The number of rotatable bonds is 10. The molecular weight excluding hydrogens is 225 g/mol. The molecule has 1 aromatic rings. The molecule has 0 saturated carbocycles. The Morgan fingerprint density at radius 2 is 1.39 bits per heavy atom. The summed E-state index contributed by atoms with van der Waals surface area (Å²) in [5.74, 6) is -0.173. The SMILES string of the molecule is CCCCCCCCCCNc1ccc(F)cc1. The number of hydrogen-bond donors (Lipinski definition) is 1. The highest BCUT2D eigenvalue weighted by molar-refractivity contribution is 5.42. The predicted octanol–water partition coefficient (Wildman–Crippen LogP) is 5.38. The molecule has 102 valence electrons. The molecule has 0 spiro atoms. The van der Waals surface area contributed by atoms with Gasteiger partial charge in [-0.3, -0.25) is 0 Å². The second-order valence-corrected chi connectivity index (χ2v) is 4.91. The van der Waals surface area contributed by atoms with Gasteiger partial charge in [0, 0.05) is 12.2 Å². The summed E-state index contributed by atoms with van der Waals surface area (Å²) in [6.07, 6.45) is 10.7. The Morgan fingerprint density at radius 3 is 2.00 bits per heavy atom. The van der Waals surface area contributed by atoms with Crippen LogP contribution >= 0.6 is 0 Å². The summed E-state index contributed by atoms with van der Waals surface area (Å²) < 4.78 is 12.7. The van der Waals surface area contributed by atoms with E-state index < -0.39 is 0 Å². The maximum Gasteiger partial charge on any atom is 0.123 e. The molecule has 0 bridgehead atoms. The van der Waals surface area contributed by atoms with Crippen LogP contribution in [0.25, 0.3) is 0 Å². The summed E-state index contributed by atoms with van der Waals surface area (Å²) in [5, 5.41) is 3.32. The zero-order valence-electron chi connectivity index (χ0n) is 11.6. The molecule has 0 aliphatic carbocycles. The molecule has 0 amide bonds. The van der Waals surface area contributed by atoms with E-state index in [2.05, 4.69) is 12.2 Å². The lowest BCUT2D eigenvalue weighted by atomic mass is 10.1. The van der Waals surface area contributed by atoms with Crippen LogP contribution < -0.4 is 5.32 Å². The third kappa shape index (κ3) is 7.31. The standard InChI is InChI=1S/C16H26FN/c1-2-3-4-5-6-7-8-9-14-18-16-12-10-15(17)11-13-16/h10-13,18H,2-9,14H2,1H3. The summed E-state index contributed by atoms with van der Waals surface area (Å²) in [7, 11) is 0. The van der Waals surface area contributed by atoms with Gasteiger partial charge in [0.15, 0.2) is 0 Å². The Labute approximate surface area is 111 Å². The van der Waals surface area contributed by atoms with Crippen molar-refractivity contribution in [3.05, 3.63) is 30.1 Å². The van der Waals surface area contributed by atoms with Gasteiger partial charge in [0.25, 0.3) is 0 Å². The maximum atomic E-state index is 12.7. The minimum Gasteiger partial charge on any atom is -0.385 e. The number of benzene rings is 1. The normalized spacial score (nSPS) is 10.6. The molecule has 0 aliphatic heterocycles. The van der Waals surface area contributed by atoms with Gasteiger partial charge in [0.2, 0.25) is 0 Å². The van der Waals surface area contributed by atoms with Gasteiger partial charge >= 0.3 is 0 Å². The van der Waals surface area contributed by atoms with Crippen LogP contribution in [-0.2, 0) is 0 Å². The Balaban J connectivity index is 1.91. The molecule has 0 heterocycles. The van der Waals surface area contributed by atoms with E-state index in [4.69, 9.17) is 0 Å². The minimum atomic E-state index is -0.173. The molecule has 0 unspecified atom stereocenters. The van der Waals surface area contributed by atoms with Crippen LogP contribution in [0.15, 0.2) is 24.3 Å². The van der Waals surface area contributed by atoms with Gasteiger partial charge in [-0.05, 0) is 30.7 Å². The maximum absolute atomic E-state index is 12.7. The van der Waals surface area contributed by atoms with Gasteiger partial charge in [-0.25, -0.2) is 4.39 Å². The Morgan fingerprint density at radius 1 is 0.833 bits per heavy atom. The van der Waals surface area contributed by atoms with Crippen molar-refractivity contribution in [1.82, 2.24) is 0 Å². The van der Waals surface area contributed by atoms with Crippen LogP contribution in [0.2, 0.25) is 0 Å². The van der Waals surface area contributed by atoms with Crippen LogP contribution in [0.4, 0.5) is 10.1 Å². The molecule has 1 rings (SSSR count). The summed E-state index contributed by atoms with van der Waals surface area (Å²) in [5.41, 5.74) is 1.01. The highest BCUT2D eigenvalue weighted by Gasteiger charge is 1.94. The third-order valence-electron chi connectivity index (χ3n) is 3.20. The highest BCUT2D eigenvalue weighted by Crippen LogP contribution is 2.10. The first-order chi connectivity index (χ1) is 8.83. The summed E-state index contributed by atoms with van der Waals surface area (Å²) in [4.78, 5) is 0. The molecule has 2 heteroatoms. The molecule has 0 aromatic heterocycles. The van der Waals surface area contributed by atoms with Crippen molar-refractivity contribution < 1.29 is 4.39 Å². The van der Waals surface area contributed by atoms with E-state index in [0.717, 1.165) is 12.2 Å². The number of anilines is 1. The fourth-order valence-electron chi connectivity index (χ4n) is 2.06. The first-order valence-corrected chi connectivity index (χ1v) is 7.32. The molecule has 0 saturated heterocycles. The molecule has 0 atom stereocenters. The topological polar surface area (TPSA) is 12.0 Å². The highest BCUT2D eigenvalue weighted by atomic mass is 19.1. The van der Waals surface area contributed by atoms with Gasteiger partial charge in [-0.2, -0.15) is 0 Å². The van der Waals surface area contributed by atoms with Gasteiger partial charge in [-0.1, -0.05) is 51.9 Å². The summed E-state index contributed by atoms with van der Waals surface area (Å²) >= 11 is 0. The Kier molecular flexibility index (Phi) is 8.28. The van der Waals surface area contributed by atoms with Crippen LogP contribution in [0.1, 0.15) is 58.3 Å². The lowest BCUT2D eigenvalue weighted by Crippen LogP contribution is -2.01. The summed E-state index contributed by atoms with van der Waals surface area (Å²) in [6, 6.07) is 6.58. The number of nitrogens with one attached hydrogen (secondary N) is 1. The molecule has 0 radical (unpaired) electrons. The van der Waals surface area contributed by atoms with E-state index in [1.807, 2.05) is 0 Å². The van der Waals surface area contributed by atoms with E-state index in [1.165, 1.54) is 63.5 Å². The van der Waals surface area contributed by atoms with E-state index in [-0.39, 0.29) is 5.82 Å². The number of unbranched alkanes of at least 4 members (excludes halogenated alkanes) is 7. The van der Waals surface area contributed by atoms with Gasteiger partial charge in [0.1, 0.15) is 5.82 Å². The van der Waals surface area contributed by atoms with Crippen LogP contribution in [0.3, 0.4) is 0 Å². The van der Waals surface area contributed by atoms with Crippen LogP contribution in [0, 0.1) is 5.82 Å². The molecule has 1 nitrogen and oxygen atoms in total. The van der Waals surface area contributed by atoms with Crippen LogP contribution in [-0.4, -0.2) is 6.54 Å². The molecule has 1 aromatic carbocycles. The zero-order chi connectivity index (χ0) is 13.1. The lowest BCUT2D eigenvalue weighted by Gasteiger charge is -2.06. The fraction of sp³-hybridized carbons (Fsp3) is 0.625. The molecule has 18 heavy (non-hydrogen) atoms. The van der Waals surface area contributed by atoms with Crippen molar-refractivity contribution >= 4 is 5.69 Å². The van der Waals surface area contributed by atoms with Gasteiger partial charge in [0.05, 0.1) is 0 Å². The average molecular weight is 251 g/mol. The molecule has 0 fully saturated rings. The predicted molar refractivity (Wildman–Crippen MR) is 77.5 cm³/mol. The van der Waals surface area contributed by atoms with Crippen molar-refractivity contribution in [2.45, 2.75) is 58.3 Å². The van der Waals surface area contributed by atoms with Crippen molar-refractivity contribution in [3.63, 3.8) is 0 Å². The van der Waals surface area contributed by atoms with Crippen molar-refractivity contribution in [3.8, 4) is 0 Å². The first kappa shape index (κ1) is 15.0. The Bertz CT molecular complexity index is 294. The average Bonchev–Trinajstić information content (AvgIpc) is 2.39. The van der Waals surface area contributed by atoms with Gasteiger partial charge in [-0.15, -0.1) is 0 Å². The quantitative estimate of drug-likeness (QED) is 0.551. The van der Waals surface area contributed by atoms with E-state index in [0.29, 0.717) is 0 Å². The summed E-state index contributed by atoms with van der Waals surface area (Å²) in [6.45, 7) is 3.24. The van der Waals surface area contributed by atoms with Crippen LogP contribution in [0.5, 0.6) is 0 Å². The second kappa shape index (κ2) is 9.93. The third-order valence-corrected chi connectivity index (χ3v) is 3.20. The largest absolute Gasteiger partial charge is 0.385 e. The molecule has 0 aliphatic rings. The molecule has 1 N–H and O–H groups in total. The second-order valence-electron chi connectivity index (χ2n) is 4.91. The monoisotopic (exact) mass is 251 g/mol. The lowest BCUT2D eigenvalue weighted by molar-refractivity contribution is 0.581. The zero-order valence-corrected chi connectivity index (χ0v) is 11.6. The van der Waals surface area contributed by atoms with E-state index >= 15 is 0 Å². The van der Waals surface area contributed by atoms with E-state index in [1.54, 1.807) is 12.1 Å². The Hall–Kier alpha value is -1.05. The first-order valence-electron chi connectivity index (χ1n) is 7.32. The number of hydrogen-bond acceptors (Lipinski definition) is 1.